The molecule has 0 saturated carbocycles. The van der Waals surface area contributed by atoms with Crippen molar-refractivity contribution in [3.8, 4) is 0 Å². The molecule has 3 rings (SSSR count). The number of benzene rings is 2. The lowest BCUT2D eigenvalue weighted by molar-refractivity contribution is -0.121. The fourth-order valence-corrected chi connectivity index (χ4v) is 3.12. The molecule has 28 heavy (non-hydrogen) atoms. The first kappa shape index (κ1) is 19.5. The van der Waals surface area contributed by atoms with E-state index in [1.165, 1.54) is 0 Å². The van der Waals surface area contributed by atoms with Crippen molar-refractivity contribution >= 4 is 11.7 Å². The van der Waals surface area contributed by atoms with Crippen LogP contribution in [-0.4, -0.2) is 21.2 Å². The molecule has 0 fully saturated rings. The maximum Gasteiger partial charge on any atom is 0.221 e. The largest absolute Gasteiger partial charge is 0.342 e. The molecule has 1 heterocycles. The summed E-state index contributed by atoms with van der Waals surface area (Å²) in [5.74, 6) is 0.556. The van der Waals surface area contributed by atoms with Gasteiger partial charge in [-0.3, -0.25) is 9.59 Å². The van der Waals surface area contributed by atoms with Gasteiger partial charge < -0.3 is 9.88 Å². The minimum Gasteiger partial charge on any atom is -0.342 e. The highest BCUT2D eigenvalue weighted by Crippen LogP contribution is 2.20. The molecule has 144 valence electrons. The van der Waals surface area contributed by atoms with Gasteiger partial charge in [-0.15, -0.1) is 0 Å². The molecule has 2 aromatic carbocycles. The van der Waals surface area contributed by atoms with Crippen molar-refractivity contribution < 1.29 is 9.59 Å². The van der Waals surface area contributed by atoms with Crippen LogP contribution in [0.25, 0.3) is 0 Å². The molecule has 0 radical (unpaired) electrons. The summed E-state index contributed by atoms with van der Waals surface area (Å²) in [4.78, 5) is 29.4. The Morgan fingerprint density at radius 3 is 2.43 bits per heavy atom. The van der Waals surface area contributed by atoms with E-state index in [1.807, 2.05) is 80.2 Å². The van der Waals surface area contributed by atoms with Crippen molar-refractivity contribution in [1.82, 2.24) is 14.9 Å². The number of hydrogen-bond donors (Lipinski definition) is 1. The third-order valence-electron chi connectivity index (χ3n) is 4.96. The Morgan fingerprint density at radius 1 is 1.04 bits per heavy atom. The summed E-state index contributed by atoms with van der Waals surface area (Å²) >= 11 is 0. The number of hydrogen-bond acceptors (Lipinski definition) is 3. The van der Waals surface area contributed by atoms with Crippen LogP contribution in [0, 0.1) is 13.8 Å². The lowest BCUT2D eigenvalue weighted by atomic mass is 10.0. The molecule has 1 amide bonds. The SMILES string of the molecule is Cc1ccc(C(=O)CCC(=O)N[C@H](c2ccccc2)c2nccn2C)cc1C. The fraction of sp³-hybridized carbons (Fsp3) is 0.261. The number of rotatable bonds is 7. The predicted molar refractivity (Wildman–Crippen MR) is 109 cm³/mol. The molecule has 0 spiro atoms. The molecule has 1 atom stereocenters. The maximum absolute atomic E-state index is 12.6. The Balaban J connectivity index is 1.68. The second kappa shape index (κ2) is 8.65. The van der Waals surface area contributed by atoms with Gasteiger partial charge >= 0.3 is 0 Å². The molecule has 0 aliphatic rings. The summed E-state index contributed by atoms with van der Waals surface area (Å²) in [6.07, 6.45) is 3.87. The summed E-state index contributed by atoms with van der Waals surface area (Å²) in [6, 6.07) is 15.0. The average molecular weight is 375 g/mol. The molecule has 5 nitrogen and oxygen atoms in total. The first-order chi connectivity index (χ1) is 13.5. The summed E-state index contributed by atoms with van der Waals surface area (Å²) in [6.45, 7) is 3.99. The van der Waals surface area contributed by atoms with Gasteiger partial charge in [-0.2, -0.15) is 0 Å². The molecule has 0 unspecified atom stereocenters. The van der Waals surface area contributed by atoms with Gasteiger partial charge in [-0.05, 0) is 36.6 Å². The van der Waals surface area contributed by atoms with Gasteiger partial charge in [0.2, 0.25) is 5.91 Å². The molecule has 0 aliphatic carbocycles. The fourth-order valence-electron chi connectivity index (χ4n) is 3.12. The van der Waals surface area contributed by atoms with Crippen LogP contribution in [0.3, 0.4) is 0 Å². The molecular weight excluding hydrogens is 350 g/mol. The molecule has 0 bridgehead atoms. The lowest BCUT2D eigenvalue weighted by Gasteiger charge is -2.19. The topological polar surface area (TPSA) is 64.0 Å². The Bertz CT molecular complexity index is 977. The van der Waals surface area contributed by atoms with Gasteiger partial charge in [0, 0.05) is 37.8 Å². The van der Waals surface area contributed by atoms with Gasteiger partial charge in [-0.1, -0.05) is 42.5 Å². The number of imidazole rings is 1. The Kier molecular flexibility index (Phi) is 6.04. The highest BCUT2D eigenvalue weighted by atomic mass is 16.2. The molecule has 1 aromatic heterocycles. The van der Waals surface area contributed by atoms with E-state index in [1.54, 1.807) is 6.20 Å². The van der Waals surface area contributed by atoms with Crippen LogP contribution in [0.15, 0.2) is 60.9 Å². The second-order valence-electron chi connectivity index (χ2n) is 7.03. The number of aromatic nitrogens is 2. The number of Topliss-reactive ketones (excluding diaryl/α,β-unsaturated/α-hetero) is 1. The Hall–Kier alpha value is -3.21. The van der Waals surface area contributed by atoms with Crippen LogP contribution in [0.2, 0.25) is 0 Å². The average Bonchev–Trinajstić information content (AvgIpc) is 3.12. The number of nitrogens with zero attached hydrogens (tertiary/aromatic N) is 2. The van der Waals surface area contributed by atoms with E-state index in [-0.39, 0.29) is 30.6 Å². The van der Waals surface area contributed by atoms with Crippen LogP contribution < -0.4 is 5.32 Å². The zero-order chi connectivity index (χ0) is 20.1. The number of aryl methyl sites for hydroxylation is 3. The quantitative estimate of drug-likeness (QED) is 0.637. The van der Waals surface area contributed by atoms with Crippen molar-refractivity contribution in [3.05, 3.63) is 89.0 Å². The normalized spacial score (nSPS) is 11.8. The van der Waals surface area contributed by atoms with E-state index < -0.39 is 0 Å². The molecule has 0 saturated heterocycles. The smallest absolute Gasteiger partial charge is 0.221 e. The Morgan fingerprint density at radius 2 is 1.79 bits per heavy atom. The van der Waals surface area contributed by atoms with Crippen molar-refractivity contribution in [2.75, 3.05) is 0 Å². The van der Waals surface area contributed by atoms with Crippen LogP contribution >= 0.6 is 0 Å². The minimum absolute atomic E-state index is 0.0218. The molecule has 1 N–H and O–H groups in total. The predicted octanol–water partition coefficient (Wildman–Crippen LogP) is 3.91. The second-order valence-corrected chi connectivity index (χ2v) is 7.03. The van der Waals surface area contributed by atoms with Gasteiger partial charge in [0.15, 0.2) is 5.78 Å². The van der Waals surface area contributed by atoms with Crippen molar-refractivity contribution in [2.45, 2.75) is 32.7 Å². The maximum atomic E-state index is 12.6. The summed E-state index contributed by atoms with van der Waals surface area (Å²) in [5.41, 5.74) is 3.83. The number of carbonyl (C=O) groups is 2. The monoisotopic (exact) mass is 375 g/mol. The summed E-state index contributed by atoms with van der Waals surface area (Å²) in [7, 11) is 1.90. The van der Waals surface area contributed by atoms with E-state index in [0.29, 0.717) is 5.56 Å². The number of ketones is 1. The van der Waals surface area contributed by atoms with E-state index >= 15 is 0 Å². The number of carbonyl (C=O) groups excluding carboxylic acids is 2. The zero-order valence-corrected chi connectivity index (χ0v) is 16.5. The van der Waals surface area contributed by atoms with Crippen molar-refractivity contribution in [1.29, 1.82) is 0 Å². The summed E-state index contributed by atoms with van der Waals surface area (Å²) in [5, 5.41) is 3.03. The lowest BCUT2D eigenvalue weighted by Crippen LogP contribution is -2.31. The van der Waals surface area contributed by atoms with Gasteiger partial charge in [0.25, 0.3) is 0 Å². The van der Waals surface area contributed by atoms with E-state index in [2.05, 4.69) is 10.3 Å². The van der Waals surface area contributed by atoms with Gasteiger partial charge in [0.05, 0.1) is 0 Å². The summed E-state index contributed by atoms with van der Waals surface area (Å²) < 4.78 is 1.89. The van der Waals surface area contributed by atoms with Crippen LogP contribution in [-0.2, 0) is 11.8 Å². The molecule has 3 aromatic rings. The molecular formula is C23H25N3O2. The first-order valence-corrected chi connectivity index (χ1v) is 9.37. The minimum atomic E-state index is -0.356. The van der Waals surface area contributed by atoms with Crippen LogP contribution in [0.5, 0.6) is 0 Å². The van der Waals surface area contributed by atoms with E-state index in [0.717, 1.165) is 22.5 Å². The first-order valence-electron chi connectivity index (χ1n) is 9.37. The highest BCUT2D eigenvalue weighted by Gasteiger charge is 2.21. The molecule has 0 aliphatic heterocycles. The third-order valence-corrected chi connectivity index (χ3v) is 4.96. The van der Waals surface area contributed by atoms with E-state index in [4.69, 9.17) is 0 Å². The Labute approximate surface area is 165 Å². The van der Waals surface area contributed by atoms with Crippen LogP contribution in [0.4, 0.5) is 0 Å². The number of amides is 1. The molecule has 5 heteroatoms. The van der Waals surface area contributed by atoms with Gasteiger partial charge in [0.1, 0.15) is 11.9 Å². The van der Waals surface area contributed by atoms with E-state index in [9.17, 15) is 9.59 Å². The standard InChI is InChI=1S/C23H25N3O2/c1-16-9-10-19(15-17(16)2)20(27)11-12-21(28)25-22(18-7-5-4-6-8-18)23-24-13-14-26(23)3/h4-10,13-15,22H,11-12H2,1-3H3,(H,25,28)/t22-/m1/s1. The van der Waals surface area contributed by atoms with Gasteiger partial charge in [-0.25, -0.2) is 4.98 Å². The zero-order valence-electron chi connectivity index (χ0n) is 16.5. The third kappa shape index (κ3) is 4.55. The van der Waals surface area contributed by atoms with Crippen molar-refractivity contribution in [3.63, 3.8) is 0 Å². The van der Waals surface area contributed by atoms with Crippen LogP contribution in [0.1, 0.15) is 51.8 Å². The number of nitrogens with one attached hydrogen (secondary N) is 1. The highest BCUT2D eigenvalue weighted by molar-refractivity contribution is 5.98. The van der Waals surface area contributed by atoms with Crippen molar-refractivity contribution in [2.24, 2.45) is 7.05 Å².